The van der Waals surface area contributed by atoms with Crippen LogP contribution < -0.4 is 0 Å². The third kappa shape index (κ3) is 4.06. The Kier molecular flexibility index (Phi) is 5.03. The number of ketones is 1. The first-order valence-electron chi connectivity index (χ1n) is 9.19. The summed E-state index contributed by atoms with van der Waals surface area (Å²) in [7, 11) is 0. The molecule has 1 fully saturated rings. The molecule has 1 aromatic carbocycles. The van der Waals surface area contributed by atoms with Crippen molar-refractivity contribution in [2.24, 2.45) is 5.92 Å². The van der Waals surface area contributed by atoms with E-state index in [0.29, 0.717) is 24.8 Å². The first-order chi connectivity index (χ1) is 12.2. The number of amides is 1. The number of hydrogen-bond acceptors (Lipinski definition) is 4. The summed E-state index contributed by atoms with van der Waals surface area (Å²) in [5, 5.41) is 0. The summed E-state index contributed by atoms with van der Waals surface area (Å²) in [5.41, 5.74) is 1.37. The van der Waals surface area contributed by atoms with E-state index in [1.807, 2.05) is 49.6 Å². The fraction of sp³-hybridized carbons (Fsp3) is 0.550. The standard InChI is InChI=1S/C20H27N3O3/c1-14(24)18-21-16-7-5-6-8-17(16)23(18)13-15-9-11-22(12-10-15)19(25)26-20(2,3)4/h5-8,15H,9-13H2,1-4H3. The van der Waals surface area contributed by atoms with Gasteiger partial charge in [0.25, 0.3) is 0 Å². The van der Waals surface area contributed by atoms with E-state index in [2.05, 4.69) is 4.98 Å². The van der Waals surface area contributed by atoms with Crippen molar-refractivity contribution in [3.63, 3.8) is 0 Å². The van der Waals surface area contributed by atoms with Crippen molar-refractivity contribution in [1.82, 2.24) is 14.5 Å². The Morgan fingerprint density at radius 2 is 1.85 bits per heavy atom. The number of carbonyl (C=O) groups excluding carboxylic acids is 2. The molecule has 0 saturated carbocycles. The Labute approximate surface area is 154 Å². The van der Waals surface area contributed by atoms with Gasteiger partial charge in [-0.05, 0) is 51.7 Å². The summed E-state index contributed by atoms with van der Waals surface area (Å²) in [4.78, 5) is 30.5. The number of piperidine rings is 1. The zero-order valence-electron chi connectivity index (χ0n) is 16.0. The molecule has 6 nitrogen and oxygen atoms in total. The van der Waals surface area contributed by atoms with Gasteiger partial charge >= 0.3 is 6.09 Å². The molecule has 1 aromatic heterocycles. The molecule has 0 atom stereocenters. The summed E-state index contributed by atoms with van der Waals surface area (Å²) >= 11 is 0. The molecule has 0 N–H and O–H groups in total. The summed E-state index contributed by atoms with van der Waals surface area (Å²) < 4.78 is 7.49. The molecule has 0 aliphatic carbocycles. The lowest BCUT2D eigenvalue weighted by atomic mass is 9.97. The number of likely N-dealkylation sites (tertiary alicyclic amines) is 1. The zero-order chi connectivity index (χ0) is 18.9. The van der Waals surface area contributed by atoms with Crippen molar-refractivity contribution >= 4 is 22.9 Å². The van der Waals surface area contributed by atoms with Crippen LogP contribution in [0.3, 0.4) is 0 Å². The van der Waals surface area contributed by atoms with Crippen LogP contribution in [-0.2, 0) is 11.3 Å². The van der Waals surface area contributed by atoms with Crippen LogP contribution in [0.1, 0.15) is 51.2 Å². The van der Waals surface area contributed by atoms with Crippen molar-refractivity contribution < 1.29 is 14.3 Å². The van der Waals surface area contributed by atoms with Crippen LogP contribution in [0.5, 0.6) is 0 Å². The Hall–Kier alpha value is -2.37. The van der Waals surface area contributed by atoms with Gasteiger partial charge in [-0.2, -0.15) is 0 Å². The van der Waals surface area contributed by atoms with Crippen molar-refractivity contribution in [2.45, 2.75) is 52.7 Å². The Morgan fingerprint density at radius 1 is 1.19 bits per heavy atom. The Balaban J connectivity index is 1.69. The van der Waals surface area contributed by atoms with E-state index in [9.17, 15) is 9.59 Å². The second kappa shape index (κ2) is 7.09. The van der Waals surface area contributed by atoms with E-state index in [1.165, 1.54) is 0 Å². The predicted molar refractivity (Wildman–Crippen MR) is 100 cm³/mol. The van der Waals surface area contributed by atoms with E-state index in [1.54, 1.807) is 11.8 Å². The molecule has 0 spiro atoms. The second-order valence-electron chi connectivity index (χ2n) is 8.00. The van der Waals surface area contributed by atoms with Crippen LogP contribution >= 0.6 is 0 Å². The maximum Gasteiger partial charge on any atom is 0.410 e. The van der Waals surface area contributed by atoms with E-state index in [4.69, 9.17) is 4.74 Å². The number of hydrogen-bond donors (Lipinski definition) is 0. The highest BCUT2D eigenvalue weighted by Crippen LogP contribution is 2.24. The number of aromatic nitrogens is 2. The number of ether oxygens (including phenoxy) is 1. The van der Waals surface area contributed by atoms with Gasteiger partial charge in [0.2, 0.25) is 0 Å². The topological polar surface area (TPSA) is 64.4 Å². The number of Topliss-reactive ketones (excluding diaryl/α,β-unsaturated/α-hetero) is 1. The largest absolute Gasteiger partial charge is 0.444 e. The molecule has 2 aromatic rings. The summed E-state index contributed by atoms with van der Waals surface area (Å²) in [6, 6.07) is 7.84. The number of benzene rings is 1. The number of rotatable bonds is 3. The fourth-order valence-corrected chi connectivity index (χ4v) is 3.41. The molecule has 1 aliphatic rings. The molecule has 3 rings (SSSR count). The summed E-state index contributed by atoms with van der Waals surface area (Å²) in [6.07, 6.45) is 1.54. The first kappa shape index (κ1) is 18.4. The lowest BCUT2D eigenvalue weighted by Gasteiger charge is -2.33. The lowest BCUT2D eigenvalue weighted by molar-refractivity contribution is 0.0178. The van der Waals surface area contributed by atoms with Crippen LogP contribution in [0.15, 0.2) is 24.3 Å². The van der Waals surface area contributed by atoms with Crippen molar-refractivity contribution in [3.8, 4) is 0 Å². The van der Waals surface area contributed by atoms with E-state index in [-0.39, 0.29) is 11.9 Å². The molecular weight excluding hydrogens is 330 g/mol. The lowest BCUT2D eigenvalue weighted by Crippen LogP contribution is -2.42. The highest BCUT2D eigenvalue weighted by Gasteiger charge is 2.28. The normalized spacial score (nSPS) is 16.1. The average molecular weight is 357 g/mol. The van der Waals surface area contributed by atoms with Crippen LogP contribution in [0.4, 0.5) is 4.79 Å². The SMILES string of the molecule is CC(=O)c1nc2ccccc2n1CC1CCN(C(=O)OC(C)(C)C)CC1. The van der Waals surface area contributed by atoms with Crippen LogP contribution in [0.25, 0.3) is 11.0 Å². The van der Waals surface area contributed by atoms with Crippen LogP contribution in [-0.4, -0.2) is 45.0 Å². The Morgan fingerprint density at radius 3 is 2.46 bits per heavy atom. The van der Waals surface area contributed by atoms with Gasteiger partial charge in [-0.1, -0.05) is 12.1 Å². The zero-order valence-corrected chi connectivity index (χ0v) is 16.0. The van der Waals surface area contributed by atoms with Gasteiger partial charge in [-0.25, -0.2) is 9.78 Å². The van der Waals surface area contributed by atoms with Gasteiger partial charge in [0, 0.05) is 26.6 Å². The molecule has 0 radical (unpaired) electrons. The minimum Gasteiger partial charge on any atom is -0.444 e. The minimum atomic E-state index is -0.472. The van der Waals surface area contributed by atoms with E-state index < -0.39 is 5.60 Å². The van der Waals surface area contributed by atoms with Crippen LogP contribution in [0, 0.1) is 5.92 Å². The smallest absolute Gasteiger partial charge is 0.410 e. The molecule has 0 unspecified atom stereocenters. The van der Waals surface area contributed by atoms with Crippen molar-refractivity contribution in [1.29, 1.82) is 0 Å². The molecule has 6 heteroatoms. The number of carbonyl (C=O) groups is 2. The number of para-hydroxylation sites is 2. The number of fused-ring (bicyclic) bond motifs is 1. The number of nitrogens with zero attached hydrogens (tertiary/aromatic N) is 3. The molecule has 1 aliphatic heterocycles. The van der Waals surface area contributed by atoms with Crippen molar-refractivity contribution in [3.05, 3.63) is 30.1 Å². The average Bonchev–Trinajstić information content (AvgIpc) is 2.93. The third-order valence-electron chi connectivity index (χ3n) is 4.68. The van der Waals surface area contributed by atoms with Crippen LogP contribution in [0.2, 0.25) is 0 Å². The second-order valence-corrected chi connectivity index (χ2v) is 8.00. The van der Waals surface area contributed by atoms with Gasteiger partial charge in [-0.3, -0.25) is 4.79 Å². The molecular formula is C20H27N3O3. The summed E-state index contributed by atoms with van der Waals surface area (Å²) in [5.74, 6) is 0.901. The number of imidazole rings is 1. The quantitative estimate of drug-likeness (QED) is 0.782. The van der Waals surface area contributed by atoms with E-state index in [0.717, 1.165) is 30.4 Å². The summed E-state index contributed by atoms with van der Waals surface area (Å²) in [6.45, 7) is 9.31. The van der Waals surface area contributed by atoms with Gasteiger partial charge in [0.15, 0.2) is 11.6 Å². The molecule has 26 heavy (non-hydrogen) atoms. The van der Waals surface area contributed by atoms with Gasteiger partial charge in [0.1, 0.15) is 5.60 Å². The molecule has 1 saturated heterocycles. The maximum atomic E-state index is 12.2. The van der Waals surface area contributed by atoms with Crippen molar-refractivity contribution in [2.75, 3.05) is 13.1 Å². The van der Waals surface area contributed by atoms with Gasteiger partial charge in [-0.15, -0.1) is 0 Å². The highest BCUT2D eigenvalue weighted by molar-refractivity contribution is 5.94. The minimum absolute atomic E-state index is 0.0209. The maximum absolute atomic E-state index is 12.2. The molecule has 0 bridgehead atoms. The third-order valence-corrected chi connectivity index (χ3v) is 4.68. The predicted octanol–water partition coefficient (Wildman–Crippen LogP) is 3.89. The molecule has 2 heterocycles. The highest BCUT2D eigenvalue weighted by atomic mass is 16.6. The Bertz CT molecular complexity index is 811. The fourth-order valence-electron chi connectivity index (χ4n) is 3.41. The first-order valence-corrected chi connectivity index (χ1v) is 9.19. The molecule has 1 amide bonds. The van der Waals surface area contributed by atoms with E-state index >= 15 is 0 Å². The van der Waals surface area contributed by atoms with Gasteiger partial charge in [0.05, 0.1) is 11.0 Å². The molecule has 140 valence electrons. The monoisotopic (exact) mass is 357 g/mol. The van der Waals surface area contributed by atoms with Gasteiger partial charge < -0.3 is 14.2 Å².